The fraction of sp³-hybridized carbons (Fsp3) is 0.528. The van der Waals surface area contributed by atoms with Crippen LogP contribution in [0.4, 0.5) is 4.79 Å². The Bertz CT molecular complexity index is 1160. The molecule has 2 aromatic rings. The van der Waals surface area contributed by atoms with Gasteiger partial charge in [-0.2, -0.15) is 0 Å². The van der Waals surface area contributed by atoms with E-state index in [2.05, 4.69) is 31.1 Å². The van der Waals surface area contributed by atoms with Gasteiger partial charge in [-0.3, -0.25) is 9.59 Å². The number of alkyl carbamates (subject to hydrolysis) is 1. The second-order valence-electron chi connectivity index (χ2n) is 12.3. The van der Waals surface area contributed by atoms with E-state index >= 15 is 0 Å². The summed E-state index contributed by atoms with van der Waals surface area (Å²) < 4.78 is 5.55. The third kappa shape index (κ3) is 12.7. The number of carbonyl (C=O) groups excluding carboxylic acids is 3. The van der Waals surface area contributed by atoms with Crippen LogP contribution >= 0.6 is 0 Å². The number of ether oxygens (including phenoxy) is 1. The van der Waals surface area contributed by atoms with Gasteiger partial charge >= 0.3 is 6.09 Å². The predicted octanol–water partition coefficient (Wildman–Crippen LogP) is 7.61. The molecule has 2 aromatic carbocycles. The van der Waals surface area contributed by atoms with Crippen molar-refractivity contribution in [1.29, 1.82) is 0 Å². The van der Waals surface area contributed by atoms with Gasteiger partial charge < -0.3 is 20.3 Å². The first-order chi connectivity index (χ1) is 20.5. The van der Waals surface area contributed by atoms with Gasteiger partial charge in [0, 0.05) is 19.0 Å². The van der Waals surface area contributed by atoms with Gasteiger partial charge in [0.05, 0.1) is 0 Å². The number of amides is 3. The minimum absolute atomic E-state index is 0.0518. The van der Waals surface area contributed by atoms with Crippen LogP contribution < -0.4 is 10.6 Å². The molecule has 0 aliphatic rings. The van der Waals surface area contributed by atoms with E-state index < -0.39 is 23.8 Å². The largest absolute Gasteiger partial charge is 0.444 e. The van der Waals surface area contributed by atoms with E-state index in [1.165, 1.54) is 0 Å². The monoisotopic (exact) mass is 591 g/mol. The summed E-state index contributed by atoms with van der Waals surface area (Å²) in [5.74, 6) is -0.558. The molecule has 0 heterocycles. The number of unbranched alkanes of at least 4 members (excludes halogenated alkanes) is 4. The van der Waals surface area contributed by atoms with Crippen LogP contribution in [-0.2, 0) is 20.7 Å². The standard InChI is InChI=1S/C36H53N3O4/c1-8-11-12-13-17-24-39(32(33(40)37-27(4)19-9-2)30-23-18-22-28(10-3)25-30)34(41)31(26-29-20-15-14-16-21-29)38-35(42)43-36(5,6)7/h10,14-16,18,20-23,25,27,31-32H,3,8-9,11-13,17,19,24,26H2,1-2,4-7H3,(H,37,40)(H,38,42). The van der Waals surface area contributed by atoms with Gasteiger partial charge in [-0.15, -0.1) is 0 Å². The fourth-order valence-electron chi connectivity index (χ4n) is 5.11. The van der Waals surface area contributed by atoms with E-state index in [1.54, 1.807) is 31.7 Å². The van der Waals surface area contributed by atoms with Crippen molar-refractivity contribution >= 4 is 24.0 Å². The van der Waals surface area contributed by atoms with Crippen LogP contribution in [0.5, 0.6) is 0 Å². The molecule has 0 bridgehead atoms. The summed E-state index contributed by atoms with van der Waals surface area (Å²) in [4.78, 5) is 43.3. The molecule has 7 nitrogen and oxygen atoms in total. The van der Waals surface area contributed by atoms with Crippen molar-refractivity contribution in [3.8, 4) is 0 Å². The summed E-state index contributed by atoms with van der Waals surface area (Å²) in [7, 11) is 0. The van der Waals surface area contributed by atoms with Crippen LogP contribution in [-0.4, -0.2) is 47.0 Å². The zero-order chi connectivity index (χ0) is 31.8. The molecule has 0 spiro atoms. The molecule has 0 radical (unpaired) electrons. The van der Waals surface area contributed by atoms with Crippen molar-refractivity contribution in [2.45, 2.75) is 117 Å². The van der Waals surface area contributed by atoms with Crippen molar-refractivity contribution in [1.82, 2.24) is 15.5 Å². The average molecular weight is 592 g/mol. The summed E-state index contributed by atoms with van der Waals surface area (Å²) in [5.41, 5.74) is 1.73. The van der Waals surface area contributed by atoms with Gasteiger partial charge in [-0.1, -0.05) is 107 Å². The highest BCUT2D eigenvalue weighted by Gasteiger charge is 2.36. The molecule has 3 unspecified atom stereocenters. The fourth-order valence-corrected chi connectivity index (χ4v) is 5.11. The maximum atomic E-state index is 14.6. The van der Waals surface area contributed by atoms with E-state index in [1.807, 2.05) is 61.5 Å². The van der Waals surface area contributed by atoms with Gasteiger partial charge in [0.2, 0.25) is 11.8 Å². The first-order valence-electron chi connectivity index (χ1n) is 15.9. The molecule has 3 amide bonds. The van der Waals surface area contributed by atoms with Crippen molar-refractivity contribution in [2.24, 2.45) is 0 Å². The summed E-state index contributed by atoms with van der Waals surface area (Å²) in [6, 6.07) is 15.3. The average Bonchev–Trinajstić information content (AvgIpc) is 2.95. The lowest BCUT2D eigenvalue weighted by atomic mass is 9.98. The second kappa shape index (κ2) is 18.1. The molecule has 0 aliphatic carbocycles. The number of rotatable bonds is 17. The van der Waals surface area contributed by atoms with Crippen LogP contribution in [0.3, 0.4) is 0 Å². The van der Waals surface area contributed by atoms with Crippen LogP contribution in [0.15, 0.2) is 61.2 Å². The number of nitrogens with zero attached hydrogens (tertiary/aromatic N) is 1. The lowest BCUT2D eigenvalue weighted by molar-refractivity contribution is -0.142. The van der Waals surface area contributed by atoms with E-state index in [-0.39, 0.29) is 24.3 Å². The Kier molecular flexibility index (Phi) is 15.0. The van der Waals surface area contributed by atoms with E-state index in [9.17, 15) is 14.4 Å². The van der Waals surface area contributed by atoms with Crippen LogP contribution in [0.1, 0.15) is 109 Å². The maximum Gasteiger partial charge on any atom is 0.408 e. The minimum atomic E-state index is -0.932. The van der Waals surface area contributed by atoms with Gasteiger partial charge in [-0.05, 0) is 63.3 Å². The number of nitrogens with one attached hydrogen (secondary N) is 2. The third-order valence-electron chi connectivity index (χ3n) is 7.19. The first-order valence-corrected chi connectivity index (χ1v) is 15.9. The highest BCUT2D eigenvalue weighted by atomic mass is 16.6. The van der Waals surface area contributed by atoms with Crippen molar-refractivity contribution in [3.05, 3.63) is 77.9 Å². The Labute approximate surface area is 259 Å². The van der Waals surface area contributed by atoms with Crippen molar-refractivity contribution < 1.29 is 19.1 Å². The number of hydrogen-bond acceptors (Lipinski definition) is 4. The number of benzene rings is 2. The summed E-state index contributed by atoms with van der Waals surface area (Å²) in [6.45, 7) is 15.9. The molecule has 0 saturated carbocycles. The molecule has 2 rings (SSSR count). The van der Waals surface area contributed by atoms with Gasteiger partial charge in [0.1, 0.15) is 17.7 Å². The van der Waals surface area contributed by atoms with Gasteiger partial charge in [-0.25, -0.2) is 4.79 Å². The third-order valence-corrected chi connectivity index (χ3v) is 7.19. The van der Waals surface area contributed by atoms with Gasteiger partial charge in [0.25, 0.3) is 0 Å². The molecule has 0 fully saturated rings. The Hall–Kier alpha value is -3.61. The quantitative estimate of drug-likeness (QED) is 0.185. The zero-order valence-electron chi connectivity index (χ0n) is 27.2. The lowest BCUT2D eigenvalue weighted by Crippen LogP contribution is -2.54. The van der Waals surface area contributed by atoms with E-state index in [0.29, 0.717) is 12.1 Å². The molecule has 3 atom stereocenters. The molecule has 236 valence electrons. The molecule has 43 heavy (non-hydrogen) atoms. The van der Waals surface area contributed by atoms with E-state index in [0.717, 1.165) is 56.1 Å². The maximum absolute atomic E-state index is 14.6. The molecule has 2 N–H and O–H groups in total. The zero-order valence-corrected chi connectivity index (χ0v) is 27.2. The van der Waals surface area contributed by atoms with E-state index in [4.69, 9.17) is 4.74 Å². The van der Waals surface area contributed by atoms with Gasteiger partial charge in [0.15, 0.2) is 0 Å². The molecule has 0 aliphatic heterocycles. The molecule has 0 aromatic heterocycles. The Balaban J connectivity index is 2.58. The second-order valence-corrected chi connectivity index (χ2v) is 12.3. The molecular weight excluding hydrogens is 538 g/mol. The summed E-state index contributed by atoms with van der Waals surface area (Å²) >= 11 is 0. The smallest absolute Gasteiger partial charge is 0.408 e. The highest BCUT2D eigenvalue weighted by molar-refractivity contribution is 5.92. The SMILES string of the molecule is C=Cc1cccc(C(C(=O)NC(C)CCC)N(CCCCCCC)C(=O)C(Cc2ccccc2)NC(=O)OC(C)(C)C)c1. The Morgan fingerprint density at radius 2 is 1.63 bits per heavy atom. The topological polar surface area (TPSA) is 87.7 Å². The number of hydrogen-bond donors (Lipinski definition) is 2. The first kappa shape index (κ1) is 35.6. The van der Waals surface area contributed by atoms with Crippen LogP contribution in [0.25, 0.3) is 6.08 Å². The van der Waals surface area contributed by atoms with Crippen molar-refractivity contribution in [2.75, 3.05) is 6.54 Å². The van der Waals surface area contributed by atoms with Crippen LogP contribution in [0.2, 0.25) is 0 Å². The normalized spacial score (nSPS) is 13.3. The predicted molar refractivity (Wildman–Crippen MR) is 176 cm³/mol. The highest BCUT2D eigenvalue weighted by Crippen LogP contribution is 2.26. The minimum Gasteiger partial charge on any atom is -0.444 e. The number of carbonyl (C=O) groups is 3. The Morgan fingerprint density at radius 1 is 0.930 bits per heavy atom. The summed E-state index contributed by atoms with van der Waals surface area (Å²) in [5, 5.41) is 5.99. The molecule has 0 saturated heterocycles. The molecular formula is C36H53N3O4. The van der Waals surface area contributed by atoms with Crippen molar-refractivity contribution in [3.63, 3.8) is 0 Å². The summed E-state index contributed by atoms with van der Waals surface area (Å²) in [6.07, 6.45) is 8.04. The lowest BCUT2D eigenvalue weighted by Gasteiger charge is -2.35. The Morgan fingerprint density at radius 3 is 2.26 bits per heavy atom. The molecule has 7 heteroatoms. The van der Waals surface area contributed by atoms with Crippen LogP contribution in [0, 0.1) is 0 Å².